The molecule has 0 saturated carbocycles. The van der Waals surface area contributed by atoms with Gasteiger partial charge in [-0.1, -0.05) is 61.9 Å². The lowest BCUT2D eigenvalue weighted by Gasteiger charge is -2.31. The lowest BCUT2D eigenvalue weighted by Crippen LogP contribution is -2.38. The van der Waals surface area contributed by atoms with Crippen molar-refractivity contribution in [1.29, 1.82) is 0 Å². The van der Waals surface area contributed by atoms with Gasteiger partial charge in [0.2, 0.25) is 0 Å². The molecule has 0 fully saturated rings. The standard InChI is InChI=1S/C27H30N6O3/c1-4-7-23-22(26(34)33-24(27(35)36-3)15-10-17(2)32(23)33)16-18-11-13-19(14-12-18)20-8-5-6-9-21(20)25-28-30-31-29-25/h5-6,8-9,11-14,17,24H,4,7,10,15-16H2,1-3H3,(H,28,29,30,31). The molecule has 0 amide bonds. The van der Waals surface area contributed by atoms with Gasteiger partial charge in [0.15, 0.2) is 11.9 Å². The monoisotopic (exact) mass is 486 g/mol. The van der Waals surface area contributed by atoms with Crippen LogP contribution in [-0.2, 0) is 22.4 Å². The smallest absolute Gasteiger partial charge is 0.330 e. The number of aromatic nitrogens is 6. The molecule has 36 heavy (non-hydrogen) atoms. The Morgan fingerprint density at radius 3 is 2.50 bits per heavy atom. The number of carbonyl (C=O) groups is 1. The van der Waals surface area contributed by atoms with Crippen LogP contribution in [-0.4, -0.2) is 43.1 Å². The zero-order chi connectivity index (χ0) is 25.2. The van der Waals surface area contributed by atoms with Crippen LogP contribution in [0.15, 0.2) is 53.3 Å². The first-order chi connectivity index (χ1) is 17.5. The molecule has 3 heterocycles. The molecule has 2 aromatic heterocycles. The second-order valence-electron chi connectivity index (χ2n) is 9.30. The van der Waals surface area contributed by atoms with Crippen molar-refractivity contribution in [2.45, 2.75) is 58.0 Å². The zero-order valence-corrected chi connectivity index (χ0v) is 20.8. The molecule has 0 saturated heterocycles. The number of fused-ring (bicyclic) bond motifs is 1. The molecular weight excluding hydrogens is 456 g/mol. The van der Waals surface area contributed by atoms with Crippen LogP contribution in [0.5, 0.6) is 0 Å². The summed E-state index contributed by atoms with van der Waals surface area (Å²) in [6.45, 7) is 4.23. The Balaban J connectivity index is 1.51. The van der Waals surface area contributed by atoms with Gasteiger partial charge in [-0.25, -0.2) is 14.6 Å². The third-order valence-corrected chi connectivity index (χ3v) is 7.03. The van der Waals surface area contributed by atoms with Gasteiger partial charge in [-0.3, -0.25) is 9.48 Å². The molecule has 5 rings (SSSR count). The third kappa shape index (κ3) is 4.14. The first kappa shape index (κ1) is 23.7. The van der Waals surface area contributed by atoms with Gasteiger partial charge in [0.1, 0.15) is 0 Å². The summed E-state index contributed by atoms with van der Waals surface area (Å²) in [6.07, 6.45) is 3.65. The van der Waals surface area contributed by atoms with Gasteiger partial charge in [0, 0.05) is 29.3 Å². The van der Waals surface area contributed by atoms with Crippen LogP contribution in [0.4, 0.5) is 0 Å². The van der Waals surface area contributed by atoms with Crippen LogP contribution < -0.4 is 5.56 Å². The highest BCUT2D eigenvalue weighted by Gasteiger charge is 2.35. The second kappa shape index (κ2) is 9.93. The highest BCUT2D eigenvalue weighted by Crippen LogP contribution is 2.33. The molecule has 9 heteroatoms. The van der Waals surface area contributed by atoms with Crippen LogP contribution in [0.2, 0.25) is 0 Å². The van der Waals surface area contributed by atoms with Crippen molar-refractivity contribution in [2.75, 3.05) is 7.11 Å². The Hall–Kier alpha value is -4.01. The third-order valence-electron chi connectivity index (χ3n) is 7.03. The minimum absolute atomic E-state index is 0.0901. The Morgan fingerprint density at radius 2 is 1.83 bits per heavy atom. The number of methoxy groups -OCH3 is 1. The summed E-state index contributed by atoms with van der Waals surface area (Å²) >= 11 is 0. The average molecular weight is 487 g/mol. The number of H-pyrrole nitrogens is 1. The number of carbonyl (C=O) groups excluding carboxylic acids is 1. The fourth-order valence-corrected chi connectivity index (χ4v) is 5.30. The quantitative estimate of drug-likeness (QED) is 0.394. The van der Waals surface area contributed by atoms with Crippen LogP contribution >= 0.6 is 0 Å². The number of ether oxygens (including phenoxy) is 1. The summed E-state index contributed by atoms with van der Waals surface area (Å²) in [5.74, 6) is 0.253. The van der Waals surface area contributed by atoms with Crippen LogP contribution in [0, 0.1) is 0 Å². The lowest BCUT2D eigenvalue weighted by molar-refractivity contribution is -0.146. The Kier molecular flexibility index (Phi) is 6.54. The number of esters is 1. The molecule has 2 atom stereocenters. The molecule has 1 N–H and O–H groups in total. The van der Waals surface area contributed by atoms with Gasteiger partial charge in [-0.15, -0.1) is 5.10 Å². The van der Waals surface area contributed by atoms with Crippen LogP contribution in [0.1, 0.15) is 62.0 Å². The number of tetrazole rings is 1. The molecular formula is C27H30N6O3. The van der Waals surface area contributed by atoms with Gasteiger partial charge < -0.3 is 4.74 Å². The molecule has 2 unspecified atom stereocenters. The van der Waals surface area contributed by atoms with E-state index in [2.05, 4.69) is 63.4 Å². The largest absolute Gasteiger partial charge is 0.467 e. The van der Waals surface area contributed by atoms with E-state index in [9.17, 15) is 9.59 Å². The maximum absolute atomic E-state index is 13.7. The molecule has 2 aromatic carbocycles. The maximum Gasteiger partial charge on any atom is 0.330 e. The normalized spacial score (nSPS) is 17.1. The van der Waals surface area contributed by atoms with Crippen molar-refractivity contribution in [3.05, 3.63) is 75.7 Å². The first-order valence-corrected chi connectivity index (χ1v) is 12.4. The van der Waals surface area contributed by atoms with E-state index in [-0.39, 0.29) is 17.6 Å². The van der Waals surface area contributed by atoms with E-state index in [4.69, 9.17) is 4.74 Å². The van der Waals surface area contributed by atoms with Crippen LogP contribution in [0.25, 0.3) is 22.5 Å². The lowest BCUT2D eigenvalue weighted by atomic mass is 9.96. The number of nitrogens with one attached hydrogen (secondary N) is 1. The van der Waals surface area contributed by atoms with E-state index in [1.54, 1.807) is 4.68 Å². The topological polar surface area (TPSA) is 108 Å². The van der Waals surface area contributed by atoms with Gasteiger partial charge in [0.05, 0.1) is 7.11 Å². The van der Waals surface area contributed by atoms with E-state index in [0.29, 0.717) is 18.7 Å². The zero-order valence-electron chi connectivity index (χ0n) is 20.8. The molecule has 186 valence electrons. The Bertz CT molecular complexity index is 1420. The number of hydrogen-bond donors (Lipinski definition) is 1. The molecule has 1 aliphatic rings. The van der Waals surface area contributed by atoms with Gasteiger partial charge >= 0.3 is 5.97 Å². The predicted molar refractivity (Wildman–Crippen MR) is 136 cm³/mol. The fourth-order valence-electron chi connectivity index (χ4n) is 5.30. The molecule has 0 bridgehead atoms. The number of aromatic amines is 1. The van der Waals surface area contributed by atoms with Crippen molar-refractivity contribution in [2.24, 2.45) is 0 Å². The van der Waals surface area contributed by atoms with E-state index in [1.807, 2.05) is 24.3 Å². The summed E-state index contributed by atoms with van der Waals surface area (Å²) in [6, 6.07) is 15.8. The SMILES string of the molecule is CCCc1c(Cc2ccc(-c3ccccc3-c3nnn[nH]3)cc2)c(=O)n2n1C(C)CCC2C(=O)OC. The van der Waals surface area contributed by atoms with Crippen LogP contribution in [0.3, 0.4) is 0 Å². The molecule has 0 aliphatic carbocycles. The Morgan fingerprint density at radius 1 is 1.08 bits per heavy atom. The Labute approximate surface area is 209 Å². The summed E-state index contributed by atoms with van der Waals surface area (Å²) in [5, 5.41) is 14.3. The first-order valence-electron chi connectivity index (χ1n) is 12.4. The van der Waals surface area contributed by atoms with Gasteiger partial charge in [-0.05, 0) is 53.3 Å². The molecule has 9 nitrogen and oxygen atoms in total. The van der Waals surface area contributed by atoms with Gasteiger partial charge in [0.25, 0.3) is 5.56 Å². The molecule has 0 radical (unpaired) electrons. The average Bonchev–Trinajstić information content (AvgIpc) is 3.53. The molecule has 4 aromatic rings. The number of hydrogen-bond acceptors (Lipinski definition) is 6. The minimum atomic E-state index is -0.576. The van der Waals surface area contributed by atoms with Gasteiger partial charge in [-0.2, -0.15) is 0 Å². The fraction of sp³-hybridized carbons (Fsp3) is 0.370. The molecule has 1 aliphatic heterocycles. The minimum Gasteiger partial charge on any atom is -0.467 e. The summed E-state index contributed by atoms with van der Waals surface area (Å²) in [5.41, 5.74) is 5.71. The van der Waals surface area contributed by atoms with E-state index in [1.165, 1.54) is 7.11 Å². The number of benzene rings is 2. The van der Waals surface area contributed by atoms with Crippen molar-refractivity contribution in [1.82, 2.24) is 30.0 Å². The summed E-state index contributed by atoms with van der Waals surface area (Å²) in [7, 11) is 1.38. The van der Waals surface area contributed by atoms with E-state index >= 15 is 0 Å². The second-order valence-corrected chi connectivity index (χ2v) is 9.30. The highest BCUT2D eigenvalue weighted by atomic mass is 16.5. The molecule has 0 spiro atoms. The van der Waals surface area contributed by atoms with Crippen molar-refractivity contribution >= 4 is 5.97 Å². The summed E-state index contributed by atoms with van der Waals surface area (Å²) < 4.78 is 8.74. The number of rotatable bonds is 7. The predicted octanol–water partition coefficient (Wildman–Crippen LogP) is 4.11. The van der Waals surface area contributed by atoms with E-state index < -0.39 is 6.04 Å². The summed E-state index contributed by atoms with van der Waals surface area (Å²) in [4.78, 5) is 26.2. The van der Waals surface area contributed by atoms with Crippen molar-refractivity contribution in [3.8, 4) is 22.5 Å². The highest BCUT2D eigenvalue weighted by molar-refractivity contribution is 5.80. The van der Waals surface area contributed by atoms with Crippen molar-refractivity contribution in [3.63, 3.8) is 0 Å². The van der Waals surface area contributed by atoms with E-state index in [0.717, 1.165) is 52.8 Å². The number of nitrogens with zero attached hydrogens (tertiary/aromatic N) is 5. The van der Waals surface area contributed by atoms with Crippen molar-refractivity contribution < 1.29 is 9.53 Å². The maximum atomic E-state index is 13.7.